The van der Waals surface area contributed by atoms with Crippen molar-refractivity contribution in [3.05, 3.63) is 24.3 Å². The summed E-state index contributed by atoms with van der Waals surface area (Å²) in [6.45, 7) is 3.53. The van der Waals surface area contributed by atoms with E-state index in [0.29, 0.717) is 25.5 Å². The van der Waals surface area contributed by atoms with Crippen LogP contribution < -0.4 is 10.1 Å². The van der Waals surface area contributed by atoms with Crippen LogP contribution in [-0.2, 0) is 9.47 Å². The monoisotopic (exact) mass is 237 g/mol. The maximum atomic E-state index is 11.3. The van der Waals surface area contributed by atoms with Gasteiger partial charge < -0.3 is 14.2 Å². The van der Waals surface area contributed by atoms with Crippen LogP contribution in [0.15, 0.2) is 24.3 Å². The summed E-state index contributed by atoms with van der Waals surface area (Å²) in [5, 5.41) is 2.62. The Hall–Kier alpha value is -1.75. The molecule has 1 aliphatic heterocycles. The maximum absolute atomic E-state index is 11.3. The minimum absolute atomic E-state index is 0.0843. The van der Waals surface area contributed by atoms with E-state index in [1.165, 1.54) is 0 Å². The lowest BCUT2D eigenvalue weighted by atomic mass is 10.3. The minimum Gasteiger partial charge on any atom is -0.494 e. The minimum atomic E-state index is -0.468. The van der Waals surface area contributed by atoms with Crippen molar-refractivity contribution >= 4 is 11.8 Å². The molecule has 92 valence electrons. The third-order valence-electron chi connectivity index (χ3n) is 2.21. The molecule has 2 rings (SSSR count). The van der Waals surface area contributed by atoms with Gasteiger partial charge in [0.25, 0.3) is 0 Å². The normalized spacial score (nSPS) is 17.4. The van der Waals surface area contributed by atoms with Crippen LogP contribution in [0.5, 0.6) is 5.75 Å². The van der Waals surface area contributed by atoms with E-state index in [-0.39, 0.29) is 6.10 Å². The van der Waals surface area contributed by atoms with Gasteiger partial charge in [0.1, 0.15) is 18.5 Å². The zero-order valence-electron chi connectivity index (χ0n) is 9.64. The van der Waals surface area contributed by atoms with Gasteiger partial charge in [-0.25, -0.2) is 4.79 Å². The fourth-order valence-electron chi connectivity index (χ4n) is 1.29. The highest BCUT2D eigenvalue weighted by molar-refractivity contribution is 5.84. The van der Waals surface area contributed by atoms with Crippen molar-refractivity contribution in [3.63, 3.8) is 0 Å². The Labute approximate surface area is 99.7 Å². The SMILES string of the molecule is CCOc1ccc(NC(=O)OCC2CO2)cc1. The highest BCUT2D eigenvalue weighted by Gasteiger charge is 2.24. The first-order valence-corrected chi connectivity index (χ1v) is 5.56. The zero-order valence-corrected chi connectivity index (χ0v) is 9.64. The van der Waals surface area contributed by atoms with Crippen molar-refractivity contribution in [3.8, 4) is 5.75 Å². The molecule has 5 heteroatoms. The Kier molecular flexibility index (Phi) is 3.82. The first-order chi connectivity index (χ1) is 8.28. The second-order valence-corrected chi connectivity index (χ2v) is 3.64. The predicted octanol–water partition coefficient (Wildman–Crippen LogP) is 2.03. The van der Waals surface area contributed by atoms with Gasteiger partial charge in [0, 0.05) is 5.69 Å². The van der Waals surface area contributed by atoms with E-state index in [1.807, 2.05) is 6.92 Å². The van der Waals surface area contributed by atoms with Crippen LogP contribution in [-0.4, -0.2) is 32.0 Å². The molecule has 1 aromatic rings. The number of amides is 1. The molecule has 5 nitrogen and oxygen atoms in total. The quantitative estimate of drug-likeness (QED) is 0.796. The van der Waals surface area contributed by atoms with E-state index in [0.717, 1.165) is 5.75 Å². The second-order valence-electron chi connectivity index (χ2n) is 3.64. The Morgan fingerprint density at radius 2 is 2.18 bits per heavy atom. The van der Waals surface area contributed by atoms with Crippen molar-refractivity contribution in [2.75, 3.05) is 25.1 Å². The topological polar surface area (TPSA) is 60.1 Å². The van der Waals surface area contributed by atoms with Crippen molar-refractivity contribution in [2.24, 2.45) is 0 Å². The molecule has 0 spiro atoms. The van der Waals surface area contributed by atoms with Crippen LogP contribution in [0.1, 0.15) is 6.92 Å². The number of carbonyl (C=O) groups excluding carboxylic acids is 1. The summed E-state index contributed by atoms with van der Waals surface area (Å²) in [4.78, 5) is 11.3. The standard InChI is InChI=1S/C12H15NO4/c1-2-15-10-5-3-9(4-6-10)13-12(14)17-8-11-7-16-11/h3-6,11H,2,7-8H2,1H3,(H,13,14). The third kappa shape index (κ3) is 3.96. The maximum Gasteiger partial charge on any atom is 0.411 e. The molecular formula is C12H15NO4. The molecule has 1 atom stereocenters. The first kappa shape index (κ1) is 11.7. The highest BCUT2D eigenvalue weighted by atomic mass is 16.6. The van der Waals surface area contributed by atoms with Crippen LogP contribution >= 0.6 is 0 Å². The smallest absolute Gasteiger partial charge is 0.411 e. The summed E-state index contributed by atoms with van der Waals surface area (Å²) in [5.74, 6) is 0.776. The first-order valence-electron chi connectivity index (χ1n) is 5.56. The van der Waals surface area contributed by atoms with E-state index in [4.69, 9.17) is 14.2 Å². The van der Waals surface area contributed by atoms with Crippen LogP contribution in [0.3, 0.4) is 0 Å². The number of epoxide rings is 1. The molecule has 1 amide bonds. The zero-order chi connectivity index (χ0) is 12.1. The molecule has 0 saturated carbocycles. The van der Waals surface area contributed by atoms with Gasteiger partial charge >= 0.3 is 6.09 Å². The fraction of sp³-hybridized carbons (Fsp3) is 0.417. The lowest BCUT2D eigenvalue weighted by Gasteiger charge is -2.07. The molecule has 0 aliphatic carbocycles. The number of benzene rings is 1. The summed E-state index contributed by atoms with van der Waals surface area (Å²) < 4.78 is 15.2. The summed E-state index contributed by atoms with van der Waals surface area (Å²) in [7, 11) is 0. The number of rotatable bonds is 5. The van der Waals surface area contributed by atoms with Crippen LogP contribution in [0.2, 0.25) is 0 Å². The van der Waals surface area contributed by atoms with Crippen molar-refractivity contribution < 1.29 is 19.0 Å². The van der Waals surface area contributed by atoms with Crippen LogP contribution in [0, 0.1) is 0 Å². The number of ether oxygens (including phenoxy) is 3. The molecule has 0 bridgehead atoms. The summed E-state index contributed by atoms with van der Waals surface area (Å²) >= 11 is 0. The summed E-state index contributed by atoms with van der Waals surface area (Å²) in [6.07, 6.45) is -0.384. The van der Waals surface area contributed by atoms with Crippen molar-refractivity contribution in [1.29, 1.82) is 0 Å². The number of nitrogens with one attached hydrogen (secondary N) is 1. The molecule has 1 aliphatic rings. The molecule has 17 heavy (non-hydrogen) atoms. The highest BCUT2D eigenvalue weighted by Crippen LogP contribution is 2.16. The van der Waals surface area contributed by atoms with Gasteiger partial charge in [0.05, 0.1) is 13.2 Å². The Balaban J connectivity index is 1.78. The predicted molar refractivity (Wildman–Crippen MR) is 62.3 cm³/mol. The molecule has 0 radical (unpaired) electrons. The van der Waals surface area contributed by atoms with E-state index in [2.05, 4.69) is 5.32 Å². The number of carbonyl (C=O) groups is 1. The largest absolute Gasteiger partial charge is 0.494 e. The number of hydrogen-bond acceptors (Lipinski definition) is 4. The van der Waals surface area contributed by atoms with Crippen LogP contribution in [0.4, 0.5) is 10.5 Å². The average Bonchev–Trinajstić information content (AvgIpc) is 3.13. The Bertz CT molecular complexity index is 373. The van der Waals surface area contributed by atoms with E-state index in [9.17, 15) is 4.79 Å². The van der Waals surface area contributed by atoms with Gasteiger partial charge in [0.2, 0.25) is 0 Å². The number of anilines is 1. The molecule has 0 aromatic heterocycles. The van der Waals surface area contributed by atoms with Gasteiger partial charge in [-0.15, -0.1) is 0 Å². The number of hydrogen-bond donors (Lipinski definition) is 1. The molecule has 1 N–H and O–H groups in total. The van der Waals surface area contributed by atoms with Gasteiger partial charge in [-0.2, -0.15) is 0 Å². The van der Waals surface area contributed by atoms with Gasteiger partial charge in [0.15, 0.2) is 0 Å². The lowest BCUT2D eigenvalue weighted by molar-refractivity contribution is 0.150. The molecule has 1 fully saturated rings. The van der Waals surface area contributed by atoms with Crippen LogP contribution in [0.25, 0.3) is 0 Å². The van der Waals surface area contributed by atoms with E-state index >= 15 is 0 Å². The van der Waals surface area contributed by atoms with Gasteiger partial charge in [-0.05, 0) is 31.2 Å². The molecule has 1 unspecified atom stereocenters. The summed E-state index contributed by atoms with van der Waals surface area (Å²) in [6, 6.07) is 7.12. The molecule has 1 aromatic carbocycles. The van der Waals surface area contributed by atoms with Crippen molar-refractivity contribution in [1.82, 2.24) is 0 Å². The third-order valence-corrected chi connectivity index (χ3v) is 2.21. The second kappa shape index (κ2) is 5.54. The molecular weight excluding hydrogens is 222 g/mol. The summed E-state index contributed by atoms with van der Waals surface area (Å²) in [5.41, 5.74) is 0.676. The van der Waals surface area contributed by atoms with E-state index in [1.54, 1.807) is 24.3 Å². The Morgan fingerprint density at radius 1 is 1.47 bits per heavy atom. The molecule has 1 saturated heterocycles. The van der Waals surface area contributed by atoms with Crippen molar-refractivity contribution in [2.45, 2.75) is 13.0 Å². The average molecular weight is 237 g/mol. The lowest BCUT2D eigenvalue weighted by Crippen LogP contribution is -2.16. The Morgan fingerprint density at radius 3 is 2.76 bits per heavy atom. The molecule has 1 heterocycles. The fourth-order valence-corrected chi connectivity index (χ4v) is 1.29. The van der Waals surface area contributed by atoms with E-state index < -0.39 is 6.09 Å². The van der Waals surface area contributed by atoms with Gasteiger partial charge in [-0.1, -0.05) is 0 Å². The van der Waals surface area contributed by atoms with Gasteiger partial charge in [-0.3, -0.25) is 5.32 Å².